The summed E-state index contributed by atoms with van der Waals surface area (Å²) in [5.41, 5.74) is -1.08. The Morgan fingerprint density at radius 2 is 2.00 bits per heavy atom. The Kier molecular flexibility index (Phi) is 6.77. The van der Waals surface area contributed by atoms with Crippen LogP contribution in [0.5, 0.6) is 0 Å². The van der Waals surface area contributed by atoms with E-state index in [-0.39, 0.29) is 30.3 Å². The second-order valence-electron chi connectivity index (χ2n) is 6.08. The Morgan fingerprint density at radius 3 is 2.54 bits per heavy atom. The summed E-state index contributed by atoms with van der Waals surface area (Å²) in [5, 5.41) is 3.92. The summed E-state index contributed by atoms with van der Waals surface area (Å²) in [7, 11) is 1.49. The predicted octanol–water partition coefficient (Wildman–Crippen LogP) is 1.83. The summed E-state index contributed by atoms with van der Waals surface area (Å²) in [6.07, 6.45) is 0.659. The van der Waals surface area contributed by atoms with Crippen LogP contribution in [-0.2, 0) is 27.4 Å². The summed E-state index contributed by atoms with van der Waals surface area (Å²) < 4.78 is 11.0. The molecule has 24 heavy (non-hydrogen) atoms. The number of nitrogens with zero attached hydrogens (tertiary/aromatic N) is 3. The van der Waals surface area contributed by atoms with Gasteiger partial charge in [0.05, 0.1) is 29.9 Å². The summed E-state index contributed by atoms with van der Waals surface area (Å²) in [5.74, 6) is -0.583. The maximum atomic E-state index is 12.4. The van der Waals surface area contributed by atoms with Crippen LogP contribution in [0.1, 0.15) is 33.3 Å². The van der Waals surface area contributed by atoms with Crippen LogP contribution in [0.4, 0.5) is 4.79 Å². The van der Waals surface area contributed by atoms with Crippen molar-refractivity contribution >= 4 is 23.7 Å². The predicted molar refractivity (Wildman–Crippen MR) is 87.8 cm³/mol. The number of aromatic nitrogens is 2. The Balaban J connectivity index is 2.97. The first-order valence-corrected chi connectivity index (χ1v) is 7.77. The third-order valence-corrected chi connectivity index (χ3v) is 3.10. The van der Waals surface area contributed by atoms with Gasteiger partial charge < -0.3 is 14.4 Å². The van der Waals surface area contributed by atoms with Gasteiger partial charge >= 0.3 is 12.1 Å². The number of rotatable bonds is 5. The van der Waals surface area contributed by atoms with E-state index in [0.717, 1.165) is 4.68 Å². The highest BCUT2D eigenvalue weighted by atomic mass is 35.5. The minimum atomic E-state index is -0.655. The van der Waals surface area contributed by atoms with E-state index in [4.69, 9.17) is 21.1 Å². The van der Waals surface area contributed by atoms with Gasteiger partial charge in [0.2, 0.25) is 0 Å². The zero-order valence-electron chi connectivity index (χ0n) is 14.5. The van der Waals surface area contributed by atoms with Crippen molar-refractivity contribution in [3.8, 4) is 0 Å². The number of esters is 1. The lowest BCUT2D eigenvalue weighted by Crippen LogP contribution is -2.37. The highest BCUT2D eigenvalue weighted by Gasteiger charge is 2.22. The Labute approximate surface area is 145 Å². The lowest BCUT2D eigenvalue weighted by Gasteiger charge is -2.24. The summed E-state index contributed by atoms with van der Waals surface area (Å²) in [6, 6.07) is 0. The van der Waals surface area contributed by atoms with Gasteiger partial charge in [-0.2, -0.15) is 5.10 Å². The maximum Gasteiger partial charge on any atom is 0.410 e. The molecule has 1 amide bonds. The SMILES string of the molecule is CCOC(=O)Cn1ncc(Cl)c(CN(C)C(=O)OC(C)(C)C)c1=O. The Hall–Kier alpha value is -2.09. The van der Waals surface area contributed by atoms with E-state index in [0.29, 0.717) is 0 Å². The number of carbonyl (C=O) groups is 2. The van der Waals surface area contributed by atoms with Crippen LogP contribution in [-0.4, -0.2) is 46.0 Å². The van der Waals surface area contributed by atoms with Crippen LogP contribution in [0.15, 0.2) is 11.0 Å². The normalized spacial score (nSPS) is 11.1. The minimum Gasteiger partial charge on any atom is -0.465 e. The highest BCUT2D eigenvalue weighted by Crippen LogP contribution is 2.14. The van der Waals surface area contributed by atoms with Gasteiger partial charge in [0.1, 0.15) is 12.1 Å². The largest absolute Gasteiger partial charge is 0.465 e. The van der Waals surface area contributed by atoms with Gasteiger partial charge in [-0.15, -0.1) is 0 Å². The lowest BCUT2D eigenvalue weighted by molar-refractivity contribution is -0.144. The standard InChI is InChI=1S/C15H22ClN3O5/c1-6-23-12(20)9-19-13(21)10(11(16)7-17-19)8-18(5)14(22)24-15(2,3)4/h7H,6,8-9H2,1-5H3. The van der Waals surface area contributed by atoms with Crippen molar-refractivity contribution in [3.63, 3.8) is 0 Å². The minimum absolute atomic E-state index is 0.0715. The monoisotopic (exact) mass is 359 g/mol. The molecule has 9 heteroatoms. The molecule has 0 bridgehead atoms. The molecule has 0 aromatic carbocycles. The zero-order valence-corrected chi connectivity index (χ0v) is 15.2. The van der Waals surface area contributed by atoms with Crippen LogP contribution in [0, 0.1) is 0 Å². The molecule has 8 nitrogen and oxygen atoms in total. The van der Waals surface area contributed by atoms with Crippen molar-refractivity contribution in [1.82, 2.24) is 14.7 Å². The average molecular weight is 360 g/mol. The van der Waals surface area contributed by atoms with Crippen LogP contribution >= 0.6 is 11.6 Å². The quantitative estimate of drug-likeness (QED) is 0.745. The first kappa shape index (κ1) is 20.0. The second kappa shape index (κ2) is 8.14. The molecular formula is C15H22ClN3O5. The first-order valence-electron chi connectivity index (χ1n) is 7.39. The van der Waals surface area contributed by atoms with E-state index in [1.54, 1.807) is 27.7 Å². The van der Waals surface area contributed by atoms with Gasteiger partial charge in [0, 0.05) is 7.05 Å². The van der Waals surface area contributed by atoms with Crippen molar-refractivity contribution in [3.05, 3.63) is 27.1 Å². The molecule has 1 aromatic heterocycles. The van der Waals surface area contributed by atoms with E-state index in [2.05, 4.69) is 5.10 Å². The van der Waals surface area contributed by atoms with Gasteiger partial charge in [-0.05, 0) is 27.7 Å². The number of hydrogen-bond acceptors (Lipinski definition) is 6. The topological polar surface area (TPSA) is 90.7 Å². The van der Waals surface area contributed by atoms with Crippen molar-refractivity contribution in [1.29, 1.82) is 0 Å². The van der Waals surface area contributed by atoms with E-state index < -0.39 is 23.2 Å². The highest BCUT2D eigenvalue weighted by molar-refractivity contribution is 6.31. The fraction of sp³-hybridized carbons (Fsp3) is 0.600. The Bertz CT molecular complexity index is 666. The van der Waals surface area contributed by atoms with Crippen molar-refractivity contribution in [2.24, 2.45) is 0 Å². The maximum absolute atomic E-state index is 12.4. The third kappa shape index (κ3) is 5.84. The van der Waals surface area contributed by atoms with Crippen LogP contribution in [0.25, 0.3) is 0 Å². The lowest BCUT2D eigenvalue weighted by atomic mass is 10.2. The number of halogens is 1. The summed E-state index contributed by atoms with van der Waals surface area (Å²) >= 11 is 6.01. The zero-order chi connectivity index (χ0) is 18.5. The molecule has 0 radical (unpaired) electrons. The van der Waals surface area contributed by atoms with E-state index >= 15 is 0 Å². The van der Waals surface area contributed by atoms with Crippen LogP contribution in [0.2, 0.25) is 5.02 Å². The van der Waals surface area contributed by atoms with E-state index in [1.165, 1.54) is 18.1 Å². The Morgan fingerprint density at radius 1 is 1.38 bits per heavy atom. The smallest absolute Gasteiger partial charge is 0.410 e. The molecule has 0 atom stereocenters. The number of carbonyl (C=O) groups excluding carboxylic acids is 2. The molecule has 0 saturated carbocycles. The molecule has 134 valence electrons. The van der Waals surface area contributed by atoms with Gasteiger partial charge in [0.25, 0.3) is 5.56 Å². The van der Waals surface area contributed by atoms with Crippen molar-refractivity contribution in [2.45, 2.75) is 46.4 Å². The molecule has 0 saturated heterocycles. The van der Waals surface area contributed by atoms with E-state index in [1.807, 2.05) is 0 Å². The van der Waals surface area contributed by atoms with Crippen molar-refractivity contribution in [2.75, 3.05) is 13.7 Å². The summed E-state index contributed by atoms with van der Waals surface area (Å²) in [6.45, 7) is 6.69. The fourth-order valence-corrected chi connectivity index (χ4v) is 1.92. The van der Waals surface area contributed by atoms with Crippen LogP contribution in [0.3, 0.4) is 0 Å². The molecule has 1 aromatic rings. The fourth-order valence-electron chi connectivity index (χ4n) is 1.73. The molecule has 1 rings (SSSR count). The average Bonchev–Trinajstić information content (AvgIpc) is 2.44. The van der Waals surface area contributed by atoms with Gasteiger partial charge in [0.15, 0.2) is 0 Å². The molecule has 1 heterocycles. The van der Waals surface area contributed by atoms with Gasteiger partial charge in [-0.3, -0.25) is 9.59 Å². The second-order valence-corrected chi connectivity index (χ2v) is 6.48. The van der Waals surface area contributed by atoms with Gasteiger partial charge in [-0.25, -0.2) is 9.48 Å². The van der Waals surface area contributed by atoms with E-state index in [9.17, 15) is 14.4 Å². The van der Waals surface area contributed by atoms with Crippen molar-refractivity contribution < 1.29 is 19.1 Å². The molecule has 0 fully saturated rings. The molecule has 0 N–H and O–H groups in total. The first-order chi connectivity index (χ1) is 11.0. The van der Waals surface area contributed by atoms with Gasteiger partial charge in [-0.1, -0.05) is 11.6 Å². The molecule has 0 spiro atoms. The number of ether oxygens (including phenoxy) is 2. The molecule has 0 unspecified atom stereocenters. The third-order valence-electron chi connectivity index (χ3n) is 2.78. The number of hydrogen-bond donors (Lipinski definition) is 0. The number of amides is 1. The van der Waals surface area contributed by atoms with Crippen LogP contribution < -0.4 is 5.56 Å². The molecule has 0 aliphatic rings. The molecular weight excluding hydrogens is 338 g/mol. The molecule has 0 aliphatic heterocycles. The molecule has 0 aliphatic carbocycles. The summed E-state index contributed by atoms with van der Waals surface area (Å²) in [4.78, 5) is 37.1.